The van der Waals surface area contributed by atoms with Crippen LogP contribution in [-0.4, -0.2) is 32.3 Å². The Morgan fingerprint density at radius 1 is 1.14 bits per heavy atom. The van der Waals surface area contributed by atoms with Gasteiger partial charge in [0.05, 0.1) is 0 Å². The monoisotopic (exact) mass is 193 g/mol. The van der Waals surface area contributed by atoms with E-state index in [-0.39, 0.29) is 0 Å². The summed E-state index contributed by atoms with van der Waals surface area (Å²) in [6.07, 6.45) is 2.45. The Kier molecular flexibility index (Phi) is 7.75. The van der Waals surface area contributed by atoms with Gasteiger partial charge in [0, 0.05) is 6.42 Å². The molecule has 78 valence electrons. The van der Waals surface area contributed by atoms with Crippen molar-refractivity contribution in [1.29, 1.82) is 0 Å². The van der Waals surface area contributed by atoms with E-state index in [0.717, 1.165) is 12.7 Å². The number of carbonyl (C=O) groups excluding carboxylic acids is 1. The Bertz CT molecular complexity index is 229. The molecule has 0 N–H and O–H groups in total. The molecule has 0 spiro atoms. The summed E-state index contributed by atoms with van der Waals surface area (Å²) in [5.74, 6) is 0. The Hall–Kier alpha value is -1.15. The van der Waals surface area contributed by atoms with Crippen LogP contribution >= 0.6 is 0 Å². The zero-order valence-electron chi connectivity index (χ0n) is 9.23. The molecular weight excluding hydrogens is 174 g/mol. The van der Waals surface area contributed by atoms with Crippen molar-refractivity contribution in [2.24, 2.45) is 0 Å². The predicted molar refractivity (Wildman–Crippen MR) is 60.4 cm³/mol. The molecule has 0 aliphatic heterocycles. The van der Waals surface area contributed by atoms with Crippen molar-refractivity contribution in [3.63, 3.8) is 0 Å². The van der Waals surface area contributed by atoms with Crippen molar-refractivity contribution in [1.82, 2.24) is 4.90 Å². The fourth-order valence-corrected chi connectivity index (χ4v) is 0.870. The summed E-state index contributed by atoms with van der Waals surface area (Å²) in [5.41, 5.74) is 1.23. The van der Waals surface area contributed by atoms with Gasteiger partial charge >= 0.3 is 0 Å². The summed E-state index contributed by atoms with van der Waals surface area (Å²) >= 11 is 0. The maximum absolute atomic E-state index is 9.98. The summed E-state index contributed by atoms with van der Waals surface area (Å²) in [6.45, 7) is 0. The van der Waals surface area contributed by atoms with Gasteiger partial charge in [0.15, 0.2) is 0 Å². The number of nitrogens with zero attached hydrogens (tertiary/aromatic N) is 1. The van der Waals surface area contributed by atoms with Crippen LogP contribution in [0, 0.1) is 0 Å². The number of aryl methyl sites for hydroxylation is 1. The van der Waals surface area contributed by atoms with Crippen LogP contribution < -0.4 is 0 Å². The maximum Gasteiger partial charge on any atom is 0.120 e. The minimum Gasteiger partial charge on any atom is -0.312 e. The second-order valence-electron chi connectivity index (χ2n) is 3.53. The van der Waals surface area contributed by atoms with E-state index in [9.17, 15) is 4.79 Å². The number of aldehydes is 1. The number of hydrogen-bond acceptors (Lipinski definition) is 2. The molecule has 2 heteroatoms. The Balaban J connectivity index is 0.000000364. The first kappa shape index (κ1) is 12.8. The van der Waals surface area contributed by atoms with E-state index in [4.69, 9.17) is 0 Å². The highest BCUT2D eigenvalue weighted by Crippen LogP contribution is 2.00. The first-order valence-electron chi connectivity index (χ1n) is 4.75. The third kappa shape index (κ3) is 8.94. The second kappa shape index (κ2) is 8.45. The average Bonchev–Trinajstić information content (AvgIpc) is 2.15. The van der Waals surface area contributed by atoms with Gasteiger partial charge in [-0.1, -0.05) is 30.3 Å². The molecule has 1 aromatic rings. The highest BCUT2D eigenvalue weighted by Gasteiger charge is 1.87. The van der Waals surface area contributed by atoms with Crippen LogP contribution in [0.5, 0.6) is 0 Å². The quantitative estimate of drug-likeness (QED) is 0.684. The summed E-state index contributed by atoms with van der Waals surface area (Å²) in [4.78, 5) is 12.0. The lowest BCUT2D eigenvalue weighted by molar-refractivity contribution is -0.107. The Morgan fingerprint density at radius 3 is 2.07 bits per heavy atom. The summed E-state index contributed by atoms with van der Waals surface area (Å²) in [6, 6.07) is 10.0. The van der Waals surface area contributed by atoms with Crippen molar-refractivity contribution in [3.8, 4) is 0 Å². The third-order valence-electron chi connectivity index (χ3n) is 1.39. The molecule has 0 saturated carbocycles. The SMILES string of the molecule is CN(C)C.O=CCCc1ccccc1. The van der Waals surface area contributed by atoms with Crippen LogP contribution in [0.1, 0.15) is 12.0 Å². The van der Waals surface area contributed by atoms with E-state index >= 15 is 0 Å². The van der Waals surface area contributed by atoms with Gasteiger partial charge in [0.1, 0.15) is 6.29 Å². The standard InChI is InChI=1S/C9H10O.C3H9N/c10-8-4-7-9-5-2-1-3-6-9;1-4(2)3/h1-3,5-6,8H,4,7H2;1-3H3. The van der Waals surface area contributed by atoms with Crippen molar-refractivity contribution >= 4 is 6.29 Å². The number of benzene rings is 1. The largest absolute Gasteiger partial charge is 0.312 e. The molecule has 0 bridgehead atoms. The molecule has 0 atom stereocenters. The van der Waals surface area contributed by atoms with Gasteiger partial charge in [-0.25, -0.2) is 0 Å². The van der Waals surface area contributed by atoms with Crippen LogP contribution in [0.2, 0.25) is 0 Å². The van der Waals surface area contributed by atoms with Crippen molar-refractivity contribution in [2.45, 2.75) is 12.8 Å². The van der Waals surface area contributed by atoms with Gasteiger partial charge in [-0.05, 0) is 33.1 Å². The zero-order valence-corrected chi connectivity index (χ0v) is 9.23. The van der Waals surface area contributed by atoms with Crippen LogP contribution in [0.15, 0.2) is 30.3 Å². The molecule has 0 radical (unpaired) electrons. The Labute approximate surface area is 86.5 Å². The fourth-order valence-electron chi connectivity index (χ4n) is 0.870. The Morgan fingerprint density at radius 2 is 1.64 bits per heavy atom. The van der Waals surface area contributed by atoms with Crippen molar-refractivity contribution in [3.05, 3.63) is 35.9 Å². The molecule has 0 saturated heterocycles. The molecule has 0 heterocycles. The molecule has 1 rings (SSSR count). The van der Waals surface area contributed by atoms with E-state index in [2.05, 4.69) is 0 Å². The fraction of sp³-hybridized carbons (Fsp3) is 0.417. The highest BCUT2D eigenvalue weighted by molar-refractivity contribution is 5.49. The first-order valence-corrected chi connectivity index (χ1v) is 4.75. The minimum atomic E-state index is 0.629. The van der Waals surface area contributed by atoms with Crippen LogP contribution in [0.4, 0.5) is 0 Å². The van der Waals surface area contributed by atoms with E-state index in [0.29, 0.717) is 6.42 Å². The van der Waals surface area contributed by atoms with E-state index in [1.54, 1.807) is 0 Å². The highest BCUT2D eigenvalue weighted by atomic mass is 16.1. The molecule has 0 aliphatic rings. The van der Waals surface area contributed by atoms with Gasteiger partial charge in [-0.2, -0.15) is 0 Å². The molecule has 0 fully saturated rings. The van der Waals surface area contributed by atoms with Gasteiger partial charge in [-0.3, -0.25) is 0 Å². The van der Waals surface area contributed by atoms with E-state index in [1.165, 1.54) is 5.56 Å². The molecule has 1 aromatic carbocycles. The molecule has 0 aliphatic carbocycles. The van der Waals surface area contributed by atoms with Crippen LogP contribution in [0.3, 0.4) is 0 Å². The normalized spacial score (nSPS) is 9.14. The molecule has 0 unspecified atom stereocenters. The average molecular weight is 193 g/mol. The third-order valence-corrected chi connectivity index (χ3v) is 1.39. The lowest BCUT2D eigenvalue weighted by Crippen LogP contribution is -1.99. The lowest BCUT2D eigenvalue weighted by Gasteiger charge is -1.93. The number of rotatable bonds is 3. The van der Waals surface area contributed by atoms with Gasteiger partial charge in [0.25, 0.3) is 0 Å². The van der Waals surface area contributed by atoms with Crippen molar-refractivity contribution in [2.75, 3.05) is 21.1 Å². The van der Waals surface area contributed by atoms with E-state index < -0.39 is 0 Å². The molecule has 0 aromatic heterocycles. The first-order chi connectivity index (χ1) is 6.66. The van der Waals surface area contributed by atoms with Gasteiger partial charge in [0.2, 0.25) is 0 Å². The van der Waals surface area contributed by atoms with Crippen LogP contribution in [-0.2, 0) is 11.2 Å². The zero-order chi connectivity index (χ0) is 10.8. The number of hydrogen-bond donors (Lipinski definition) is 0. The topological polar surface area (TPSA) is 20.3 Å². The summed E-state index contributed by atoms with van der Waals surface area (Å²) < 4.78 is 0. The summed E-state index contributed by atoms with van der Waals surface area (Å²) in [5, 5.41) is 0. The van der Waals surface area contributed by atoms with Crippen LogP contribution in [0.25, 0.3) is 0 Å². The smallest absolute Gasteiger partial charge is 0.120 e. The van der Waals surface area contributed by atoms with E-state index in [1.807, 2.05) is 56.4 Å². The number of carbonyl (C=O) groups is 1. The van der Waals surface area contributed by atoms with Gasteiger partial charge < -0.3 is 9.69 Å². The predicted octanol–water partition coefficient (Wildman–Crippen LogP) is 2.00. The second-order valence-corrected chi connectivity index (χ2v) is 3.53. The molecule has 0 amide bonds. The van der Waals surface area contributed by atoms with Crippen molar-refractivity contribution < 1.29 is 4.79 Å². The maximum atomic E-state index is 9.98. The lowest BCUT2D eigenvalue weighted by atomic mass is 10.1. The molecular formula is C12H19NO. The molecule has 2 nitrogen and oxygen atoms in total. The minimum absolute atomic E-state index is 0.629. The summed E-state index contributed by atoms with van der Waals surface area (Å²) in [7, 11) is 6.00. The van der Waals surface area contributed by atoms with Gasteiger partial charge in [-0.15, -0.1) is 0 Å². The molecule has 14 heavy (non-hydrogen) atoms.